The quantitative estimate of drug-likeness (QED) is 0.883. The summed E-state index contributed by atoms with van der Waals surface area (Å²) >= 11 is 0. The molecule has 1 amide bonds. The number of pyridine rings is 1. The molecule has 0 spiro atoms. The van der Waals surface area contributed by atoms with Crippen LogP contribution >= 0.6 is 0 Å². The van der Waals surface area contributed by atoms with Crippen LogP contribution in [0.2, 0.25) is 0 Å². The number of hydrogen-bond donors (Lipinski definition) is 2. The van der Waals surface area contributed by atoms with Gasteiger partial charge in [0.05, 0.1) is 6.04 Å². The lowest BCUT2D eigenvalue weighted by molar-refractivity contribution is -0.214. The molecule has 1 aromatic rings. The second-order valence-electron chi connectivity index (χ2n) is 6.67. The van der Waals surface area contributed by atoms with Crippen molar-refractivity contribution in [3.63, 3.8) is 0 Å². The first-order valence-electron chi connectivity index (χ1n) is 8.16. The van der Waals surface area contributed by atoms with Crippen LogP contribution in [-0.2, 0) is 12.8 Å². The number of halogens is 3. The minimum absolute atomic E-state index is 0.372. The van der Waals surface area contributed by atoms with E-state index in [1.165, 1.54) is 13.8 Å². The fraction of sp³-hybridized carbons (Fsp3) is 0.647. The lowest BCUT2D eigenvalue weighted by Gasteiger charge is -2.29. The van der Waals surface area contributed by atoms with E-state index in [1.807, 2.05) is 0 Å². The number of fused-ring (bicyclic) bond motifs is 1. The van der Waals surface area contributed by atoms with Crippen molar-refractivity contribution in [3.8, 4) is 0 Å². The summed E-state index contributed by atoms with van der Waals surface area (Å²) in [6.45, 7) is 4.83. The number of carbonyl (C=O) groups is 1. The molecular formula is C17H23F3N2O2. The van der Waals surface area contributed by atoms with Gasteiger partial charge in [0.1, 0.15) is 0 Å². The molecule has 24 heavy (non-hydrogen) atoms. The predicted octanol–water partition coefficient (Wildman–Crippen LogP) is 2.95. The molecule has 2 rings (SSSR count). The third kappa shape index (κ3) is 4.06. The number of rotatable bonds is 4. The average molecular weight is 344 g/mol. The van der Waals surface area contributed by atoms with Crippen molar-refractivity contribution < 1.29 is 23.1 Å². The van der Waals surface area contributed by atoms with Crippen LogP contribution in [0.15, 0.2) is 6.07 Å². The molecule has 0 saturated heterocycles. The van der Waals surface area contributed by atoms with Crippen LogP contribution in [0, 0.1) is 12.8 Å². The summed E-state index contributed by atoms with van der Waals surface area (Å²) in [7, 11) is 0. The zero-order chi connectivity index (χ0) is 18.1. The van der Waals surface area contributed by atoms with Gasteiger partial charge in [-0.2, -0.15) is 13.2 Å². The van der Waals surface area contributed by atoms with E-state index >= 15 is 0 Å². The fourth-order valence-corrected chi connectivity index (χ4v) is 3.09. The molecule has 0 radical (unpaired) electrons. The number of nitrogens with one attached hydrogen (secondary N) is 1. The predicted molar refractivity (Wildman–Crippen MR) is 83.8 cm³/mol. The molecule has 0 fully saturated rings. The maximum absolute atomic E-state index is 12.8. The molecule has 0 unspecified atom stereocenters. The van der Waals surface area contributed by atoms with E-state index < -0.39 is 30.1 Å². The van der Waals surface area contributed by atoms with E-state index in [0.29, 0.717) is 17.7 Å². The summed E-state index contributed by atoms with van der Waals surface area (Å²) in [5.74, 6) is -1.15. The zero-order valence-corrected chi connectivity index (χ0v) is 14.1. The number of aliphatic hydroxyl groups excluding tert-OH is 1. The Hall–Kier alpha value is -1.63. The summed E-state index contributed by atoms with van der Waals surface area (Å²) in [5.41, 5.74) is 2.70. The van der Waals surface area contributed by atoms with Gasteiger partial charge in [0.15, 0.2) is 6.10 Å². The molecular weight excluding hydrogens is 321 g/mol. The zero-order valence-electron chi connectivity index (χ0n) is 14.1. The van der Waals surface area contributed by atoms with E-state index in [1.54, 1.807) is 13.0 Å². The highest BCUT2D eigenvalue weighted by molar-refractivity contribution is 5.96. The van der Waals surface area contributed by atoms with Gasteiger partial charge in [0.25, 0.3) is 5.91 Å². The lowest BCUT2D eigenvalue weighted by Crippen LogP contribution is -2.52. The molecule has 1 aromatic heterocycles. The van der Waals surface area contributed by atoms with Gasteiger partial charge in [-0.05, 0) is 50.2 Å². The van der Waals surface area contributed by atoms with Gasteiger partial charge in [-0.15, -0.1) is 0 Å². The summed E-state index contributed by atoms with van der Waals surface area (Å²) in [6, 6.07) is 0.210. The van der Waals surface area contributed by atoms with E-state index in [9.17, 15) is 23.1 Å². The topological polar surface area (TPSA) is 62.2 Å². The van der Waals surface area contributed by atoms with Crippen molar-refractivity contribution in [1.82, 2.24) is 10.3 Å². The molecule has 0 aromatic carbocycles. The summed E-state index contributed by atoms with van der Waals surface area (Å²) in [5, 5.41) is 11.9. The minimum atomic E-state index is -4.78. The largest absolute Gasteiger partial charge is 0.416 e. The average Bonchev–Trinajstić information content (AvgIpc) is 2.49. The maximum Gasteiger partial charge on any atom is 0.416 e. The van der Waals surface area contributed by atoms with Gasteiger partial charge < -0.3 is 10.4 Å². The van der Waals surface area contributed by atoms with Crippen LogP contribution in [0.1, 0.15) is 54.0 Å². The van der Waals surface area contributed by atoms with Crippen molar-refractivity contribution in [2.75, 3.05) is 0 Å². The molecule has 134 valence electrons. The number of carbonyl (C=O) groups excluding carboxylic acids is 1. The van der Waals surface area contributed by atoms with Crippen molar-refractivity contribution in [3.05, 3.63) is 28.6 Å². The van der Waals surface area contributed by atoms with Crippen molar-refractivity contribution in [2.24, 2.45) is 5.92 Å². The highest BCUT2D eigenvalue weighted by Crippen LogP contribution is 2.27. The number of nitrogens with zero attached hydrogens (tertiary/aromatic N) is 1. The van der Waals surface area contributed by atoms with Crippen LogP contribution in [0.25, 0.3) is 0 Å². The number of alkyl halides is 3. The van der Waals surface area contributed by atoms with Crippen LogP contribution < -0.4 is 5.32 Å². The molecule has 2 N–H and O–H groups in total. The van der Waals surface area contributed by atoms with Gasteiger partial charge in [-0.3, -0.25) is 9.78 Å². The first-order valence-corrected chi connectivity index (χ1v) is 8.16. The van der Waals surface area contributed by atoms with Crippen LogP contribution in [0.3, 0.4) is 0 Å². The van der Waals surface area contributed by atoms with Crippen LogP contribution in [-0.4, -0.2) is 34.3 Å². The van der Waals surface area contributed by atoms with Gasteiger partial charge >= 0.3 is 6.18 Å². The SMILES string of the molecule is Cc1cc(C(=O)N[C@@H](C(C)C)[C@H](O)C(F)(F)F)c2c(n1)CCCC2. The Bertz CT molecular complexity index is 615. The molecule has 1 aliphatic carbocycles. The third-order valence-corrected chi connectivity index (χ3v) is 4.36. The van der Waals surface area contributed by atoms with Gasteiger partial charge in [-0.1, -0.05) is 13.8 Å². The van der Waals surface area contributed by atoms with Gasteiger partial charge in [0.2, 0.25) is 0 Å². The first-order chi connectivity index (χ1) is 11.1. The third-order valence-electron chi connectivity index (χ3n) is 4.36. The van der Waals surface area contributed by atoms with Crippen molar-refractivity contribution in [1.29, 1.82) is 0 Å². The number of aryl methyl sites for hydroxylation is 2. The Kier molecular flexibility index (Phi) is 5.52. The van der Waals surface area contributed by atoms with E-state index in [-0.39, 0.29) is 0 Å². The van der Waals surface area contributed by atoms with Gasteiger partial charge in [-0.25, -0.2) is 0 Å². The van der Waals surface area contributed by atoms with E-state index in [2.05, 4.69) is 10.3 Å². The number of aromatic nitrogens is 1. The molecule has 0 bridgehead atoms. The van der Waals surface area contributed by atoms with Crippen LogP contribution in [0.4, 0.5) is 13.2 Å². The molecule has 0 saturated carbocycles. The van der Waals surface area contributed by atoms with E-state index in [0.717, 1.165) is 30.5 Å². The second-order valence-corrected chi connectivity index (χ2v) is 6.67. The maximum atomic E-state index is 12.8. The normalized spacial score (nSPS) is 17.3. The standard InChI is InChI=1S/C17H23F3N2O2/c1-9(2)14(15(23)17(18,19)20)22-16(24)12-8-10(3)21-13-7-5-4-6-11(12)13/h8-9,14-15,23H,4-7H2,1-3H3,(H,22,24)/t14-,15-/m0/s1. The number of amides is 1. The lowest BCUT2D eigenvalue weighted by atomic mass is 9.90. The molecule has 7 heteroatoms. The molecule has 2 atom stereocenters. The Balaban J connectivity index is 2.30. The van der Waals surface area contributed by atoms with Gasteiger partial charge in [0, 0.05) is 17.0 Å². The summed E-state index contributed by atoms with van der Waals surface area (Å²) < 4.78 is 38.5. The smallest absolute Gasteiger partial charge is 0.382 e. The summed E-state index contributed by atoms with van der Waals surface area (Å²) in [6.07, 6.45) is -3.99. The minimum Gasteiger partial charge on any atom is -0.382 e. The summed E-state index contributed by atoms with van der Waals surface area (Å²) in [4.78, 5) is 17.0. The molecule has 1 aliphatic rings. The Morgan fingerprint density at radius 3 is 2.50 bits per heavy atom. The number of hydrogen-bond acceptors (Lipinski definition) is 3. The van der Waals surface area contributed by atoms with Crippen molar-refractivity contribution in [2.45, 2.75) is 64.8 Å². The molecule has 4 nitrogen and oxygen atoms in total. The molecule has 1 heterocycles. The van der Waals surface area contributed by atoms with E-state index in [4.69, 9.17) is 0 Å². The monoisotopic (exact) mass is 344 g/mol. The Morgan fingerprint density at radius 1 is 1.29 bits per heavy atom. The molecule has 0 aliphatic heterocycles. The highest BCUT2D eigenvalue weighted by atomic mass is 19.4. The Labute approximate surface area is 139 Å². The fourth-order valence-electron chi connectivity index (χ4n) is 3.09. The second kappa shape index (κ2) is 7.09. The van der Waals surface area contributed by atoms with Crippen LogP contribution in [0.5, 0.6) is 0 Å². The van der Waals surface area contributed by atoms with Crippen molar-refractivity contribution >= 4 is 5.91 Å². The number of aliphatic hydroxyl groups is 1. The Morgan fingerprint density at radius 2 is 1.92 bits per heavy atom. The highest BCUT2D eigenvalue weighted by Gasteiger charge is 2.45. The first kappa shape index (κ1) is 18.7.